The van der Waals surface area contributed by atoms with E-state index in [-0.39, 0.29) is 0 Å². The molecule has 62 valence electrons. The zero-order chi connectivity index (χ0) is 8.39. The van der Waals surface area contributed by atoms with Crippen molar-refractivity contribution in [3.05, 3.63) is 23.8 Å². The summed E-state index contributed by atoms with van der Waals surface area (Å²) in [6.07, 6.45) is 0. The number of rotatable bonds is 2. The first kappa shape index (κ1) is 7.91. The zero-order valence-electron chi connectivity index (χ0n) is 6.12. The van der Waals surface area contributed by atoms with Gasteiger partial charge in [0.1, 0.15) is 11.0 Å². The maximum atomic E-state index is 5.38. The molecule has 0 amide bonds. The first-order chi connectivity index (χ1) is 5.90. The van der Waals surface area contributed by atoms with Crippen molar-refractivity contribution in [3.8, 4) is 0 Å². The van der Waals surface area contributed by atoms with Gasteiger partial charge in [-0.2, -0.15) is 8.75 Å². The molecule has 0 fully saturated rings. The molecule has 0 saturated heterocycles. The number of benzene rings is 1. The van der Waals surface area contributed by atoms with Crippen LogP contribution in [0.3, 0.4) is 0 Å². The first-order valence-electron chi connectivity index (χ1n) is 3.45. The number of hydrogen-bond donors (Lipinski definition) is 1. The molecule has 3 nitrogen and oxygen atoms in total. The number of halogens is 1. The molecule has 0 atom stereocenters. The lowest BCUT2D eigenvalue weighted by molar-refractivity contribution is 0.966. The average Bonchev–Trinajstić information content (AvgIpc) is 2.51. The van der Waals surface area contributed by atoms with Gasteiger partial charge in [-0.25, -0.2) is 4.84 Å². The van der Waals surface area contributed by atoms with E-state index in [2.05, 4.69) is 13.6 Å². The summed E-state index contributed by atoms with van der Waals surface area (Å²) < 4.78 is 8.22. The summed E-state index contributed by atoms with van der Waals surface area (Å²) in [7, 11) is 0. The monoisotopic (exact) mass is 199 g/mol. The Morgan fingerprint density at radius 1 is 1.33 bits per heavy atom. The van der Waals surface area contributed by atoms with Crippen molar-refractivity contribution in [2.45, 2.75) is 6.54 Å². The molecule has 0 bridgehead atoms. The van der Waals surface area contributed by atoms with E-state index in [4.69, 9.17) is 11.8 Å². The highest BCUT2D eigenvalue weighted by atomic mass is 35.5. The molecule has 0 spiro atoms. The van der Waals surface area contributed by atoms with Crippen molar-refractivity contribution in [2.24, 2.45) is 0 Å². The van der Waals surface area contributed by atoms with E-state index < -0.39 is 0 Å². The van der Waals surface area contributed by atoms with Crippen LogP contribution in [0.25, 0.3) is 11.0 Å². The molecule has 2 aromatic rings. The van der Waals surface area contributed by atoms with E-state index in [0.717, 1.165) is 16.6 Å². The summed E-state index contributed by atoms with van der Waals surface area (Å²) in [5, 5.41) is 0. The summed E-state index contributed by atoms with van der Waals surface area (Å²) >= 11 is 6.60. The fourth-order valence-electron chi connectivity index (χ4n) is 1.01. The second kappa shape index (κ2) is 3.35. The van der Waals surface area contributed by atoms with E-state index in [0.29, 0.717) is 6.54 Å². The van der Waals surface area contributed by atoms with E-state index in [1.165, 1.54) is 11.7 Å². The molecule has 0 aliphatic carbocycles. The third-order valence-corrected chi connectivity index (χ3v) is 2.28. The zero-order valence-corrected chi connectivity index (χ0v) is 7.69. The Balaban J connectivity index is 2.46. The Morgan fingerprint density at radius 2 is 2.17 bits per heavy atom. The lowest BCUT2D eigenvalue weighted by Crippen LogP contribution is -1.97. The quantitative estimate of drug-likeness (QED) is 0.752. The van der Waals surface area contributed by atoms with Crippen molar-refractivity contribution in [1.29, 1.82) is 0 Å². The minimum Gasteiger partial charge on any atom is -0.229 e. The van der Waals surface area contributed by atoms with Crippen LogP contribution in [0.5, 0.6) is 0 Å². The van der Waals surface area contributed by atoms with Crippen molar-refractivity contribution in [2.75, 3.05) is 0 Å². The van der Waals surface area contributed by atoms with E-state index >= 15 is 0 Å². The molecular weight excluding hydrogens is 194 g/mol. The third kappa shape index (κ3) is 1.41. The second-order valence-electron chi connectivity index (χ2n) is 2.40. The highest BCUT2D eigenvalue weighted by molar-refractivity contribution is 7.00. The lowest BCUT2D eigenvalue weighted by atomic mass is 10.2. The van der Waals surface area contributed by atoms with Crippen molar-refractivity contribution in [1.82, 2.24) is 13.6 Å². The number of fused-ring (bicyclic) bond motifs is 1. The van der Waals surface area contributed by atoms with Gasteiger partial charge in [0.05, 0.1) is 11.7 Å². The smallest absolute Gasteiger partial charge is 0.105 e. The molecule has 5 heteroatoms. The first-order valence-corrected chi connectivity index (χ1v) is 4.55. The van der Waals surface area contributed by atoms with Gasteiger partial charge in [-0.15, -0.1) is 0 Å². The fourth-order valence-corrected chi connectivity index (χ4v) is 1.69. The summed E-state index contributed by atoms with van der Waals surface area (Å²) in [6, 6.07) is 5.91. The van der Waals surface area contributed by atoms with Crippen LogP contribution in [0.1, 0.15) is 5.56 Å². The summed E-state index contributed by atoms with van der Waals surface area (Å²) in [4.78, 5) is 2.57. The molecule has 12 heavy (non-hydrogen) atoms. The SMILES string of the molecule is ClNCc1ccc2nsnc2c1. The molecule has 0 aliphatic heterocycles. The molecule has 0 saturated carbocycles. The third-order valence-electron chi connectivity index (χ3n) is 1.59. The highest BCUT2D eigenvalue weighted by Gasteiger charge is 1.98. The summed E-state index contributed by atoms with van der Waals surface area (Å²) in [6.45, 7) is 0.648. The van der Waals surface area contributed by atoms with Crippen LogP contribution in [-0.4, -0.2) is 8.75 Å². The van der Waals surface area contributed by atoms with Crippen LogP contribution in [0, 0.1) is 0 Å². The van der Waals surface area contributed by atoms with Gasteiger partial charge in [-0.1, -0.05) is 6.07 Å². The van der Waals surface area contributed by atoms with Gasteiger partial charge >= 0.3 is 0 Å². The second-order valence-corrected chi connectivity index (χ2v) is 3.19. The number of aromatic nitrogens is 2. The van der Waals surface area contributed by atoms with Crippen LogP contribution in [0.4, 0.5) is 0 Å². The molecule has 1 heterocycles. The van der Waals surface area contributed by atoms with Crippen LogP contribution >= 0.6 is 23.5 Å². The van der Waals surface area contributed by atoms with Crippen molar-refractivity contribution >= 4 is 34.5 Å². The van der Waals surface area contributed by atoms with Crippen molar-refractivity contribution in [3.63, 3.8) is 0 Å². The predicted molar refractivity (Wildman–Crippen MR) is 50.1 cm³/mol. The maximum absolute atomic E-state index is 5.38. The van der Waals surface area contributed by atoms with Gasteiger partial charge in [-0.3, -0.25) is 0 Å². The average molecular weight is 200 g/mol. The predicted octanol–water partition coefficient (Wildman–Crippen LogP) is 1.93. The van der Waals surface area contributed by atoms with Gasteiger partial charge in [-0.05, 0) is 29.5 Å². The number of hydrogen-bond acceptors (Lipinski definition) is 4. The topological polar surface area (TPSA) is 37.8 Å². The fraction of sp³-hybridized carbons (Fsp3) is 0.143. The minimum absolute atomic E-state index is 0.648. The standard InChI is InChI=1S/C7H6ClN3S/c8-9-4-5-1-2-6-7(3-5)11-12-10-6/h1-3,9H,4H2. The molecule has 1 N–H and O–H groups in total. The molecular formula is C7H6ClN3S. The van der Waals surface area contributed by atoms with Gasteiger partial charge in [0, 0.05) is 6.54 Å². The Hall–Kier alpha value is -0.710. The van der Waals surface area contributed by atoms with Crippen LogP contribution in [-0.2, 0) is 6.54 Å². The maximum Gasteiger partial charge on any atom is 0.105 e. The van der Waals surface area contributed by atoms with Gasteiger partial charge in [0.2, 0.25) is 0 Å². The Kier molecular flexibility index (Phi) is 2.21. The molecule has 1 aromatic heterocycles. The van der Waals surface area contributed by atoms with Gasteiger partial charge in [0.15, 0.2) is 0 Å². The molecule has 1 aromatic carbocycles. The van der Waals surface area contributed by atoms with Crippen LogP contribution in [0.15, 0.2) is 18.2 Å². The Labute approximate surface area is 78.8 Å². The van der Waals surface area contributed by atoms with Crippen LogP contribution in [0.2, 0.25) is 0 Å². The van der Waals surface area contributed by atoms with Crippen LogP contribution < -0.4 is 4.84 Å². The molecule has 0 unspecified atom stereocenters. The summed E-state index contributed by atoms with van der Waals surface area (Å²) in [5.74, 6) is 0. The normalized spacial score (nSPS) is 10.8. The van der Waals surface area contributed by atoms with Gasteiger partial charge < -0.3 is 0 Å². The van der Waals surface area contributed by atoms with E-state index in [9.17, 15) is 0 Å². The largest absolute Gasteiger partial charge is 0.229 e. The van der Waals surface area contributed by atoms with E-state index in [1.807, 2.05) is 18.2 Å². The van der Waals surface area contributed by atoms with Gasteiger partial charge in [0.25, 0.3) is 0 Å². The lowest BCUT2D eigenvalue weighted by Gasteiger charge is -1.95. The van der Waals surface area contributed by atoms with E-state index in [1.54, 1.807) is 0 Å². The molecule has 0 radical (unpaired) electrons. The Bertz CT molecular complexity index is 387. The minimum atomic E-state index is 0.648. The van der Waals surface area contributed by atoms with Crippen molar-refractivity contribution < 1.29 is 0 Å². The molecule has 0 aliphatic rings. The summed E-state index contributed by atoms with van der Waals surface area (Å²) in [5.41, 5.74) is 2.99. The number of nitrogens with zero attached hydrogens (tertiary/aromatic N) is 2. The molecule has 2 rings (SSSR count). The highest BCUT2D eigenvalue weighted by Crippen LogP contribution is 2.13. The Morgan fingerprint density at radius 3 is 3.00 bits per heavy atom. The number of nitrogens with one attached hydrogen (secondary N) is 1.